The summed E-state index contributed by atoms with van der Waals surface area (Å²) in [5.74, 6) is 2.69. The van der Waals surface area contributed by atoms with Crippen molar-refractivity contribution in [3.63, 3.8) is 0 Å². The van der Waals surface area contributed by atoms with Crippen LogP contribution in [0.3, 0.4) is 0 Å². The summed E-state index contributed by atoms with van der Waals surface area (Å²) in [6.45, 7) is 5.30. The number of hydrogen-bond acceptors (Lipinski definition) is 2. The van der Waals surface area contributed by atoms with Crippen LogP contribution in [0.15, 0.2) is 6.07 Å². The molecule has 1 saturated carbocycles. The van der Waals surface area contributed by atoms with Crippen molar-refractivity contribution in [3.8, 4) is 11.5 Å². The summed E-state index contributed by atoms with van der Waals surface area (Å²) in [6.07, 6.45) is 6.21. The third kappa shape index (κ3) is 1.62. The average molecular weight is 258 g/mol. The highest BCUT2D eigenvalue weighted by molar-refractivity contribution is 5.58. The summed E-state index contributed by atoms with van der Waals surface area (Å²) < 4.78 is 5.93. The van der Waals surface area contributed by atoms with Gasteiger partial charge in [0, 0.05) is 17.0 Å². The lowest BCUT2D eigenvalue weighted by Crippen LogP contribution is -2.32. The van der Waals surface area contributed by atoms with Crippen LogP contribution in [0.2, 0.25) is 0 Å². The summed E-state index contributed by atoms with van der Waals surface area (Å²) in [4.78, 5) is 0. The fraction of sp³-hybridized carbons (Fsp3) is 0.647. The number of benzene rings is 1. The molecule has 1 aromatic rings. The van der Waals surface area contributed by atoms with Crippen LogP contribution in [0.4, 0.5) is 0 Å². The molecule has 0 aromatic heterocycles. The van der Waals surface area contributed by atoms with Crippen molar-refractivity contribution < 1.29 is 9.84 Å². The lowest BCUT2D eigenvalue weighted by molar-refractivity contribution is 0.152. The van der Waals surface area contributed by atoms with Crippen LogP contribution in [0.25, 0.3) is 0 Å². The Balaban J connectivity index is 1.94. The van der Waals surface area contributed by atoms with E-state index in [2.05, 4.69) is 13.8 Å². The number of phenolic OH excluding ortho intramolecular Hbond substituents is 1. The summed E-state index contributed by atoms with van der Waals surface area (Å²) in [5, 5.41) is 10.4. The smallest absolute Gasteiger partial charge is 0.126 e. The molecule has 0 amide bonds. The van der Waals surface area contributed by atoms with Crippen LogP contribution >= 0.6 is 0 Å². The summed E-state index contributed by atoms with van der Waals surface area (Å²) >= 11 is 0. The van der Waals surface area contributed by atoms with E-state index in [1.807, 2.05) is 6.07 Å². The van der Waals surface area contributed by atoms with Gasteiger partial charge in [-0.15, -0.1) is 0 Å². The van der Waals surface area contributed by atoms with Gasteiger partial charge < -0.3 is 9.84 Å². The Morgan fingerprint density at radius 2 is 1.74 bits per heavy atom. The summed E-state index contributed by atoms with van der Waals surface area (Å²) in [7, 11) is 0. The van der Waals surface area contributed by atoms with Gasteiger partial charge in [0.25, 0.3) is 0 Å². The maximum atomic E-state index is 10.4. The largest absolute Gasteiger partial charge is 0.508 e. The standard InChI is InChI=1S/C17H22O2/c1-17(2)8-12-14(19-9-17)7-13(18)16-11-5-3-10(4-6-11)15(12)16/h7,10-11,18H,3-6,8-9H2,1-2H3. The van der Waals surface area contributed by atoms with Gasteiger partial charge in [-0.1, -0.05) is 13.8 Å². The number of fused-ring (bicyclic) bond motifs is 3. The van der Waals surface area contributed by atoms with Crippen LogP contribution < -0.4 is 4.74 Å². The molecule has 1 heterocycles. The van der Waals surface area contributed by atoms with Gasteiger partial charge in [-0.05, 0) is 55.1 Å². The van der Waals surface area contributed by atoms with Gasteiger partial charge >= 0.3 is 0 Å². The molecule has 1 aliphatic heterocycles. The first-order valence-electron chi connectivity index (χ1n) is 7.56. The van der Waals surface area contributed by atoms with Crippen molar-refractivity contribution in [3.05, 3.63) is 22.8 Å². The Hall–Kier alpha value is -1.18. The Kier molecular flexibility index (Phi) is 2.25. The Bertz CT molecular complexity index is 537. The highest BCUT2D eigenvalue weighted by atomic mass is 16.5. The normalized spacial score (nSPS) is 30.4. The van der Waals surface area contributed by atoms with Crippen molar-refractivity contribution >= 4 is 0 Å². The average Bonchev–Trinajstić information content (AvgIpc) is 2.40. The predicted octanol–water partition coefficient (Wildman–Crippen LogP) is 4.11. The zero-order valence-corrected chi connectivity index (χ0v) is 11.8. The number of ether oxygens (including phenoxy) is 1. The maximum Gasteiger partial charge on any atom is 0.126 e. The van der Waals surface area contributed by atoms with Gasteiger partial charge in [-0.3, -0.25) is 0 Å². The second-order valence-electron chi connectivity index (χ2n) is 7.38. The van der Waals surface area contributed by atoms with Crippen LogP contribution in [-0.2, 0) is 6.42 Å². The van der Waals surface area contributed by atoms with Crippen LogP contribution in [0.1, 0.15) is 68.1 Å². The van der Waals surface area contributed by atoms with Gasteiger partial charge in [0.05, 0.1) is 6.61 Å². The molecule has 19 heavy (non-hydrogen) atoms. The molecule has 0 atom stereocenters. The molecule has 2 nitrogen and oxygen atoms in total. The third-order valence-electron chi connectivity index (χ3n) is 5.27. The van der Waals surface area contributed by atoms with E-state index >= 15 is 0 Å². The van der Waals surface area contributed by atoms with E-state index < -0.39 is 0 Å². The molecule has 102 valence electrons. The zero-order chi connectivity index (χ0) is 13.2. The Morgan fingerprint density at radius 1 is 1.11 bits per heavy atom. The molecule has 2 heteroatoms. The van der Waals surface area contributed by atoms with Gasteiger partial charge in [-0.25, -0.2) is 0 Å². The van der Waals surface area contributed by atoms with E-state index in [4.69, 9.17) is 4.74 Å². The van der Waals surface area contributed by atoms with Crippen molar-refractivity contribution in [2.75, 3.05) is 6.61 Å². The summed E-state index contributed by atoms with van der Waals surface area (Å²) in [5.41, 5.74) is 4.35. The fourth-order valence-electron chi connectivity index (χ4n) is 4.40. The molecule has 1 aromatic carbocycles. The highest BCUT2D eigenvalue weighted by Crippen LogP contribution is 2.56. The molecule has 1 N–H and O–H groups in total. The number of hydrogen-bond donors (Lipinski definition) is 1. The van der Waals surface area contributed by atoms with E-state index in [-0.39, 0.29) is 5.41 Å². The molecule has 0 saturated heterocycles. The first kappa shape index (κ1) is 11.6. The van der Waals surface area contributed by atoms with Crippen molar-refractivity contribution in [2.24, 2.45) is 5.41 Å². The van der Waals surface area contributed by atoms with E-state index in [1.165, 1.54) is 42.4 Å². The first-order chi connectivity index (χ1) is 9.05. The molecule has 0 radical (unpaired) electrons. The van der Waals surface area contributed by atoms with Gasteiger partial charge in [-0.2, -0.15) is 0 Å². The van der Waals surface area contributed by atoms with E-state index in [1.54, 1.807) is 0 Å². The SMILES string of the molecule is CC1(C)COc2cc(O)c3c(c2C1)C1CCC3CC1. The maximum absolute atomic E-state index is 10.4. The minimum Gasteiger partial charge on any atom is -0.508 e. The second kappa shape index (κ2) is 3.68. The number of rotatable bonds is 0. The fourth-order valence-corrected chi connectivity index (χ4v) is 4.40. The Labute approximate surface area is 114 Å². The van der Waals surface area contributed by atoms with Crippen LogP contribution in [-0.4, -0.2) is 11.7 Å². The lowest BCUT2D eigenvalue weighted by Gasteiger charge is -2.43. The van der Waals surface area contributed by atoms with Gasteiger partial charge in [0.1, 0.15) is 11.5 Å². The third-order valence-corrected chi connectivity index (χ3v) is 5.27. The zero-order valence-electron chi connectivity index (χ0n) is 11.8. The predicted molar refractivity (Wildman–Crippen MR) is 75.0 cm³/mol. The van der Waals surface area contributed by atoms with Crippen molar-refractivity contribution in [1.29, 1.82) is 0 Å². The lowest BCUT2D eigenvalue weighted by atomic mass is 9.64. The molecule has 3 aliphatic carbocycles. The molecule has 4 aliphatic rings. The molecule has 5 rings (SSSR count). The molecule has 0 unspecified atom stereocenters. The monoisotopic (exact) mass is 258 g/mol. The molecular formula is C17H22O2. The van der Waals surface area contributed by atoms with E-state index in [0.717, 1.165) is 18.8 Å². The van der Waals surface area contributed by atoms with Crippen molar-refractivity contribution in [2.45, 2.75) is 57.8 Å². The minimum absolute atomic E-state index is 0.217. The minimum atomic E-state index is 0.217. The van der Waals surface area contributed by atoms with Gasteiger partial charge in [0.2, 0.25) is 0 Å². The number of aromatic hydroxyl groups is 1. The molecular weight excluding hydrogens is 236 g/mol. The Morgan fingerprint density at radius 3 is 2.42 bits per heavy atom. The quantitative estimate of drug-likeness (QED) is 0.759. The molecule has 2 bridgehead atoms. The van der Waals surface area contributed by atoms with E-state index in [0.29, 0.717) is 17.6 Å². The van der Waals surface area contributed by atoms with Gasteiger partial charge in [0.15, 0.2) is 0 Å². The van der Waals surface area contributed by atoms with Crippen LogP contribution in [0.5, 0.6) is 11.5 Å². The molecule has 0 spiro atoms. The number of phenols is 1. The van der Waals surface area contributed by atoms with Crippen LogP contribution in [0, 0.1) is 5.41 Å². The topological polar surface area (TPSA) is 29.5 Å². The first-order valence-corrected chi connectivity index (χ1v) is 7.56. The second-order valence-corrected chi connectivity index (χ2v) is 7.38. The summed E-state index contributed by atoms with van der Waals surface area (Å²) in [6, 6.07) is 1.88. The molecule has 1 fully saturated rings. The van der Waals surface area contributed by atoms with E-state index in [9.17, 15) is 5.11 Å². The van der Waals surface area contributed by atoms with Crippen molar-refractivity contribution in [1.82, 2.24) is 0 Å². The highest BCUT2D eigenvalue weighted by Gasteiger charge is 2.40.